The summed E-state index contributed by atoms with van der Waals surface area (Å²) >= 11 is 3.98. The van der Waals surface area contributed by atoms with Gasteiger partial charge in [-0.05, 0) is 6.92 Å². The predicted molar refractivity (Wildman–Crippen MR) is 59.3 cm³/mol. The number of nitrogens with one attached hydrogen (secondary N) is 2. The number of amides is 2. The van der Waals surface area contributed by atoms with Crippen molar-refractivity contribution in [2.45, 2.75) is 19.9 Å². The van der Waals surface area contributed by atoms with Crippen molar-refractivity contribution in [3.63, 3.8) is 0 Å². The molecule has 0 radical (unpaired) electrons. The highest BCUT2D eigenvalue weighted by atomic mass is 32.1. The Hall–Kier alpha value is -0.970. The van der Waals surface area contributed by atoms with Gasteiger partial charge in [-0.3, -0.25) is 9.59 Å². The van der Waals surface area contributed by atoms with E-state index in [0.29, 0.717) is 6.54 Å². The molecular weight excluding hydrogens is 200 g/mol. The minimum Gasteiger partial charge on any atom is -0.351 e. The molecule has 4 nitrogen and oxygen atoms in total. The highest BCUT2D eigenvalue weighted by Gasteiger charge is 2.16. The zero-order valence-electron chi connectivity index (χ0n) is 8.46. The van der Waals surface area contributed by atoms with E-state index in [1.807, 2.05) is 6.92 Å². The number of hydrogen-bond acceptors (Lipinski definition) is 3. The van der Waals surface area contributed by atoms with Crippen molar-refractivity contribution in [1.82, 2.24) is 10.6 Å². The lowest BCUT2D eigenvalue weighted by molar-refractivity contribution is -0.127. The van der Waals surface area contributed by atoms with Gasteiger partial charge in [0, 0.05) is 19.2 Å². The third kappa shape index (κ3) is 5.64. The first kappa shape index (κ1) is 13.0. The van der Waals surface area contributed by atoms with Crippen molar-refractivity contribution in [1.29, 1.82) is 0 Å². The molecule has 0 aliphatic carbocycles. The lowest BCUT2D eigenvalue weighted by atomic mass is 10.3. The summed E-state index contributed by atoms with van der Waals surface area (Å²) in [6.45, 7) is 7.25. The molecule has 0 saturated carbocycles. The lowest BCUT2D eigenvalue weighted by Crippen LogP contribution is -2.47. The molecule has 0 aromatic carbocycles. The summed E-state index contributed by atoms with van der Waals surface area (Å²) in [5.41, 5.74) is 0.860. The standard InChI is InChI=1S/C9H16N2O2S/c1-6(2)4-10-9(13)8(5-14)11-7(3)12/h8,14H,1,4-5H2,2-3H3,(H,10,13)(H,11,12). The molecule has 0 saturated heterocycles. The topological polar surface area (TPSA) is 58.2 Å². The molecule has 2 N–H and O–H groups in total. The normalized spacial score (nSPS) is 11.6. The van der Waals surface area contributed by atoms with Crippen LogP contribution in [0, 0.1) is 0 Å². The van der Waals surface area contributed by atoms with Crippen LogP contribution in [0.5, 0.6) is 0 Å². The van der Waals surface area contributed by atoms with E-state index < -0.39 is 6.04 Å². The zero-order valence-corrected chi connectivity index (χ0v) is 9.36. The molecule has 14 heavy (non-hydrogen) atoms. The minimum atomic E-state index is -0.574. The lowest BCUT2D eigenvalue weighted by Gasteiger charge is -2.15. The van der Waals surface area contributed by atoms with Crippen LogP contribution in [0.4, 0.5) is 0 Å². The molecule has 0 aromatic rings. The van der Waals surface area contributed by atoms with Crippen molar-refractivity contribution in [3.05, 3.63) is 12.2 Å². The molecule has 1 unspecified atom stereocenters. The van der Waals surface area contributed by atoms with E-state index in [9.17, 15) is 9.59 Å². The average Bonchev–Trinajstić information content (AvgIpc) is 2.09. The summed E-state index contributed by atoms with van der Waals surface area (Å²) in [6, 6.07) is -0.574. The molecule has 0 spiro atoms. The van der Waals surface area contributed by atoms with E-state index in [1.165, 1.54) is 6.92 Å². The summed E-state index contributed by atoms with van der Waals surface area (Å²) in [6.07, 6.45) is 0. The molecule has 0 aliphatic heterocycles. The Labute approximate surface area is 89.5 Å². The van der Waals surface area contributed by atoms with E-state index in [2.05, 4.69) is 29.8 Å². The van der Waals surface area contributed by atoms with Gasteiger partial charge in [0.25, 0.3) is 0 Å². The summed E-state index contributed by atoms with van der Waals surface area (Å²) in [5.74, 6) is -0.200. The molecule has 0 fully saturated rings. The molecule has 0 rings (SSSR count). The van der Waals surface area contributed by atoms with E-state index in [4.69, 9.17) is 0 Å². The van der Waals surface area contributed by atoms with Gasteiger partial charge in [0.05, 0.1) is 0 Å². The Kier molecular flexibility index (Phi) is 6.03. The van der Waals surface area contributed by atoms with Crippen LogP contribution in [-0.2, 0) is 9.59 Å². The van der Waals surface area contributed by atoms with Gasteiger partial charge in [0.2, 0.25) is 11.8 Å². The fourth-order valence-corrected chi connectivity index (χ4v) is 1.06. The van der Waals surface area contributed by atoms with Crippen LogP contribution in [0.2, 0.25) is 0 Å². The first-order valence-electron chi connectivity index (χ1n) is 4.27. The summed E-state index contributed by atoms with van der Waals surface area (Å²) in [4.78, 5) is 22.1. The maximum absolute atomic E-state index is 11.4. The van der Waals surface area contributed by atoms with E-state index in [-0.39, 0.29) is 17.6 Å². The molecule has 0 heterocycles. The summed E-state index contributed by atoms with van der Waals surface area (Å²) in [5, 5.41) is 5.13. The number of carbonyl (C=O) groups excluding carboxylic acids is 2. The monoisotopic (exact) mass is 216 g/mol. The molecule has 0 aromatic heterocycles. The van der Waals surface area contributed by atoms with Gasteiger partial charge in [-0.2, -0.15) is 12.6 Å². The van der Waals surface area contributed by atoms with Crippen LogP contribution < -0.4 is 10.6 Å². The van der Waals surface area contributed by atoms with Crippen LogP contribution in [0.1, 0.15) is 13.8 Å². The number of thiol groups is 1. The molecule has 0 bridgehead atoms. The number of carbonyl (C=O) groups is 2. The van der Waals surface area contributed by atoms with Crippen molar-refractivity contribution in [2.75, 3.05) is 12.3 Å². The first-order chi connectivity index (χ1) is 6.47. The fourth-order valence-electron chi connectivity index (χ4n) is 0.801. The second-order valence-electron chi connectivity index (χ2n) is 3.11. The third-order valence-electron chi connectivity index (χ3n) is 1.44. The van der Waals surface area contributed by atoms with Crippen LogP contribution in [0.15, 0.2) is 12.2 Å². The molecule has 80 valence electrons. The molecular formula is C9H16N2O2S. The smallest absolute Gasteiger partial charge is 0.243 e. The molecule has 5 heteroatoms. The van der Waals surface area contributed by atoms with Crippen LogP contribution >= 0.6 is 12.6 Å². The minimum absolute atomic E-state index is 0.238. The van der Waals surface area contributed by atoms with Gasteiger partial charge >= 0.3 is 0 Å². The van der Waals surface area contributed by atoms with Gasteiger partial charge in [-0.15, -0.1) is 0 Å². The maximum Gasteiger partial charge on any atom is 0.243 e. The fraction of sp³-hybridized carbons (Fsp3) is 0.556. The van der Waals surface area contributed by atoms with Crippen LogP contribution in [0.25, 0.3) is 0 Å². The van der Waals surface area contributed by atoms with Crippen molar-refractivity contribution < 1.29 is 9.59 Å². The maximum atomic E-state index is 11.4. The highest BCUT2D eigenvalue weighted by Crippen LogP contribution is 1.90. The Morgan fingerprint density at radius 2 is 2.00 bits per heavy atom. The Bertz CT molecular complexity index is 241. The van der Waals surface area contributed by atoms with Gasteiger partial charge in [0.1, 0.15) is 6.04 Å². The van der Waals surface area contributed by atoms with Gasteiger partial charge in [-0.25, -0.2) is 0 Å². The molecule has 2 amide bonds. The Morgan fingerprint density at radius 3 is 2.36 bits per heavy atom. The van der Waals surface area contributed by atoms with Crippen molar-refractivity contribution in [2.24, 2.45) is 0 Å². The largest absolute Gasteiger partial charge is 0.351 e. The third-order valence-corrected chi connectivity index (χ3v) is 1.81. The second kappa shape index (κ2) is 6.48. The van der Waals surface area contributed by atoms with Crippen LogP contribution in [-0.4, -0.2) is 30.2 Å². The zero-order chi connectivity index (χ0) is 11.1. The molecule has 1 atom stereocenters. The number of hydrogen-bond donors (Lipinski definition) is 3. The highest BCUT2D eigenvalue weighted by molar-refractivity contribution is 7.80. The van der Waals surface area contributed by atoms with E-state index in [0.717, 1.165) is 5.57 Å². The second-order valence-corrected chi connectivity index (χ2v) is 3.48. The Balaban J connectivity index is 4.04. The SMILES string of the molecule is C=C(C)CNC(=O)C(CS)NC(C)=O. The van der Waals surface area contributed by atoms with Crippen LogP contribution in [0.3, 0.4) is 0 Å². The first-order valence-corrected chi connectivity index (χ1v) is 4.90. The van der Waals surface area contributed by atoms with E-state index >= 15 is 0 Å². The predicted octanol–water partition coefficient (Wildman–Crippen LogP) is 0.113. The van der Waals surface area contributed by atoms with Gasteiger partial charge in [-0.1, -0.05) is 12.2 Å². The average molecular weight is 216 g/mol. The van der Waals surface area contributed by atoms with Crippen molar-refractivity contribution in [3.8, 4) is 0 Å². The van der Waals surface area contributed by atoms with Gasteiger partial charge < -0.3 is 10.6 Å². The summed E-state index contributed by atoms with van der Waals surface area (Å²) in [7, 11) is 0. The summed E-state index contributed by atoms with van der Waals surface area (Å²) < 4.78 is 0. The Morgan fingerprint density at radius 1 is 1.43 bits per heavy atom. The van der Waals surface area contributed by atoms with Gasteiger partial charge in [0.15, 0.2) is 0 Å². The molecule has 0 aliphatic rings. The van der Waals surface area contributed by atoms with Crippen molar-refractivity contribution >= 4 is 24.4 Å². The quantitative estimate of drug-likeness (QED) is 0.451. The van der Waals surface area contributed by atoms with E-state index in [1.54, 1.807) is 0 Å². The number of rotatable bonds is 5.